The largest absolute Gasteiger partial charge is 0.380 e. The van der Waals surface area contributed by atoms with Gasteiger partial charge in [-0.3, -0.25) is 10.1 Å². The number of hydrogen-bond acceptors (Lipinski definition) is 3. The zero-order valence-corrected chi connectivity index (χ0v) is 13.9. The lowest BCUT2D eigenvalue weighted by Gasteiger charge is -2.10. The average molecular weight is 400 g/mol. The van der Waals surface area contributed by atoms with E-state index in [2.05, 4.69) is 37.2 Å². The van der Waals surface area contributed by atoms with E-state index >= 15 is 0 Å². The SMILES string of the molecule is Cc1ccc(Br)c(NCc2ccc(Br)cc2[N+](=O)[O-])c1. The standard InChI is InChI=1S/C14H12Br2N2O2/c1-9-2-5-12(16)13(6-9)17-8-10-3-4-11(15)7-14(10)18(19)20/h2-7,17H,8H2,1H3. The molecule has 2 aromatic carbocycles. The van der Waals surface area contributed by atoms with Crippen molar-refractivity contribution < 1.29 is 4.92 Å². The van der Waals surface area contributed by atoms with Crippen LogP contribution in [0.3, 0.4) is 0 Å². The van der Waals surface area contributed by atoms with Crippen LogP contribution in [0, 0.1) is 17.0 Å². The maximum absolute atomic E-state index is 11.1. The van der Waals surface area contributed by atoms with Gasteiger partial charge in [0.2, 0.25) is 0 Å². The summed E-state index contributed by atoms with van der Waals surface area (Å²) in [7, 11) is 0. The van der Waals surface area contributed by atoms with Crippen LogP contribution in [0.5, 0.6) is 0 Å². The first-order chi connectivity index (χ1) is 9.47. The Kier molecular flexibility index (Phi) is 4.77. The molecule has 0 atom stereocenters. The molecule has 0 aliphatic carbocycles. The molecular formula is C14H12Br2N2O2. The molecule has 4 nitrogen and oxygen atoms in total. The van der Waals surface area contributed by atoms with Gasteiger partial charge in [0.1, 0.15) is 0 Å². The highest BCUT2D eigenvalue weighted by Crippen LogP contribution is 2.27. The zero-order chi connectivity index (χ0) is 14.7. The van der Waals surface area contributed by atoms with Gasteiger partial charge in [-0.15, -0.1) is 0 Å². The monoisotopic (exact) mass is 398 g/mol. The van der Waals surface area contributed by atoms with Gasteiger partial charge in [0.25, 0.3) is 5.69 Å². The quantitative estimate of drug-likeness (QED) is 0.578. The summed E-state index contributed by atoms with van der Waals surface area (Å²) in [6.07, 6.45) is 0. The maximum Gasteiger partial charge on any atom is 0.275 e. The molecule has 0 aliphatic rings. The van der Waals surface area contributed by atoms with Gasteiger partial charge in [0.05, 0.1) is 4.92 Å². The second kappa shape index (κ2) is 6.37. The highest BCUT2D eigenvalue weighted by atomic mass is 79.9. The number of nitrogens with zero attached hydrogens (tertiary/aromatic N) is 1. The molecule has 20 heavy (non-hydrogen) atoms. The second-order valence-corrected chi connectivity index (χ2v) is 6.14. The Morgan fingerprint density at radius 3 is 2.65 bits per heavy atom. The van der Waals surface area contributed by atoms with Crippen molar-refractivity contribution in [2.45, 2.75) is 13.5 Å². The van der Waals surface area contributed by atoms with Gasteiger partial charge >= 0.3 is 0 Å². The third kappa shape index (κ3) is 3.58. The van der Waals surface area contributed by atoms with Crippen LogP contribution in [0.25, 0.3) is 0 Å². The first-order valence-corrected chi connectivity index (χ1v) is 7.49. The summed E-state index contributed by atoms with van der Waals surface area (Å²) in [5.74, 6) is 0. The summed E-state index contributed by atoms with van der Waals surface area (Å²) >= 11 is 6.71. The summed E-state index contributed by atoms with van der Waals surface area (Å²) in [5.41, 5.74) is 2.80. The minimum absolute atomic E-state index is 0.107. The normalized spacial score (nSPS) is 10.3. The molecule has 0 saturated carbocycles. The number of nitrogens with one attached hydrogen (secondary N) is 1. The molecule has 6 heteroatoms. The Morgan fingerprint density at radius 1 is 1.20 bits per heavy atom. The van der Waals surface area contributed by atoms with Crippen molar-refractivity contribution in [3.8, 4) is 0 Å². The van der Waals surface area contributed by atoms with E-state index in [0.717, 1.165) is 15.7 Å². The van der Waals surface area contributed by atoms with Crippen molar-refractivity contribution in [1.29, 1.82) is 0 Å². The van der Waals surface area contributed by atoms with Gasteiger partial charge in [-0.05, 0) is 52.7 Å². The summed E-state index contributed by atoms with van der Waals surface area (Å²) < 4.78 is 1.63. The predicted octanol–water partition coefficient (Wildman–Crippen LogP) is 5.04. The fourth-order valence-electron chi connectivity index (χ4n) is 1.82. The molecule has 0 radical (unpaired) electrons. The van der Waals surface area contributed by atoms with Crippen LogP contribution in [-0.2, 0) is 6.54 Å². The third-order valence-corrected chi connectivity index (χ3v) is 4.02. The van der Waals surface area contributed by atoms with Crippen molar-refractivity contribution in [1.82, 2.24) is 0 Å². The van der Waals surface area contributed by atoms with Crippen molar-refractivity contribution in [2.75, 3.05) is 5.32 Å². The Labute approximate surface area is 133 Å². The van der Waals surface area contributed by atoms with Gasteiger partial charge in [-0.25, -0.2) is 0 Å². The molecule has 0 aromatic heterocycles. The number of nitro groups is 1. The van der Waals surface area contributed by atoms with Crippen LogP contribution in [0.1, 0.15) is 11.1 Å². The minimum atomic E-state index is -0.368. The number of benzene rings is 2. The second-order valence-electron chi connectivity index (χ2n) is 4.37. The van der Waals surface area contributed by atoms with E-state index in [1.165, 1.54) is 6.07 Å². The lowest BCUT2D eigenvalue weighted by atomic mass is 10.1. The van der Waals surface area contributed by atoms with E-state index in [0.29, 0.717) is 16.6 Å². The first kappa shape index (κ1) is 15.0. The number of halogens is 2. The number of nitro benzene ring substituents is 1. The fraction of sp³-hybridized carbons (Fsp3) is 0.143. The molecule has 2 aromatic rings. The fourth-order valence-corrected chi connectivity index (χ4v) is 2.56. The van der Waals surface area contributed by atoms with Crippen LogP contribution in [0.2, 0.25) is 0 Å². The molecule has 0 bridgehead atoms. The molecule has 1 N–H and O–H groups in total. The molecule has 0 unspecified atom stereocenters. The van der Waals surface area contributed by atoms with Crippen molar-refractivity contribution in [3.05, 3.63) is 66.6 Å². The molecule has 0 spiro atoms. The summed E-state index contributed by atoms with van der Waals surface area (Å²) in [5, 5.41) is 14.3. The molecule has 0 saturated heterocycles. The van der Waals surface area contributed by atoms with E-state index in [1.807, 2.05) is 25.1 Å². The van der Waals surface area contributed by atoms with Crippen LogP contribution in [0.4, 0.5) is 11.4 Å². The zero-order valence-electron chi connectivity index (χ0n) is 10.7. The molecule has 0 aliphatic heterocycles. The Hall–Kier alpha value is -1.40. The lowest BCUT2D eigenvalue weighted by Crippen LogP contribution is -2.03. The molecule has 0 amide bonds. The Balaban J connectivity index is 2.23. The average Bonchev–Trinajstić information content (AvgIpc) is 2.40. The van der Waals surface area contributed by atoms with E-state index in [4.69, 9.17) is 0 Å². The summed E-state index contributed by atoms with van der Waals surface area (Å²) in [6.45, 7) is 2.39. The van der Waals surface area contributed by atoms with Gasteiger partial charge in [0.15, 0.2) is 0 Å². The summed E-state index contributed by atoms with van der Waals surface area (Å²) in [6, 6.07) is 11.0. The highest BCUT2D eigenvalue weighted by molar-refractivity contribution is 9.10. The molecule has 104 valence electrons. The number of anilines is 1. The maximum atomic E-state index is 11.1. The van der Waals surface area contributed by atoms with E-state index in [-0.39, 0.29) is 10.6 Å². The number of aryl methyl sites for hydroxylation is 1. The molecule has 0 heterocycles. The van der Waals surface area contributed by atoms with Crippen LogP contribution < -0.4 is 5.32 Å². The Morgan fingerprint density at radius 2 is 1.95 bits per heavy atom. The van der Waals surface area contributed by atoms with Crippen LogP contribution in [0.15, 0.2) is 45.3 Å². The smallest absolute Gasteiger partial charge is 0.275 e. The van der Waals surface area contributed by atoms with Crippen molar-refractivity contribution >= 4 is 43.2 Å². The first-order valence-electron chi connectivity index (χ1n) is 5.90. The molecule has 0 fully saturated rings. The summed E-state index contributed by atoms with van der Waals surface area (Å²) in [4.78, 5) is 10.7. The number of rotatable bonds is 4. The van der Waals surface area contributed by atoms with Gasteiger partial charge in [-0.2, -0.15) is 0 Å². The van der Waals surface area contributed by atoms with Crippen LogP contribution in [-0.4, -0.2) is 4.92 Å². The molecular weight excluding hydrogens is 388 g/mol. The van der Waals surface area contributed by atoms with Crippen molar-refractivity contribution in [3.63, 3.8) is 0 Å². The Bertz CT molecular complexity index is 660. The van der Waals surface area contributed by atoms with E-state index in [1.54, 1.807) is 12.1 Å². The predicted molar refractivity (Wildman–Crippen MR) is 87.0 cm³/mol. The van der Waals surface area contributed by atoms with Gasteiger partial charge < -0.3 is 5.32 Å². The minimum Gasteiger partial charge on any atom is -0.380 e. The topological polar surface area (TPSA) is 55.2 Å². The van der Waals surface area contributed by atoms with E-state index < -0.39 is 0 Å². The number of hydrogen-bond donors (Lipinski definition) is 1. The van der Waals surface area contributed by atoms with E-state index in [9.17, 15) is 10.1 Å². The van der Waals surface area contributed by atoms with Crippen LogP contribution >= 0.6 is 31.9 Å². The third-order valence-electron chi connectivity index (χ3n) is 2.84. The van der Waals surface area contributed by atoms with Crippen molar-refractivity contribution in [2.24, 2.45) is 0 Å². The molecule has 2 rings (SSSR count). The van der Waals surface area contributed by atoms with Gasteiger partial charge in [0, 0.05) is 32.8 Å². The lowest BCUT2D eigenvalue weighted by molar-refractivity contribution is -0.385. The van der Waals surface area contributed by atoms with Gasteiger partial charge in [-0.1, -0.05) is 22.0 Å². The highest BCUT2D eigenvalue weighted by Gasteiger charge is 2.14.